The van der Waals surface area contributed by atoms with Crippen molar-refractivity contribution in [2.45, 2.75) is 77.0 Å². The number of unbranched alkanes of at least 4 members (excludes halogenated alkanes) is 9. The Labute approximate surface area is 159 Å². The van der Waals surface area contributed by atoms with E-state index >= 15 is 0 Å². The van der Waals surface area contributed by atoms with Crippen molar-refractivity contribution < 1.29 is 10.2 Å². The topological polar surface area (TPSA) is 52.5 Å². The molecule has 146 valence electrons. The lowest BCUT2D eigenvalue weighted by atomic mass is 10.0. The van der Waals surface area contributed by atoms with Gasteiger partial charge in [0.1, 0.15) is 11.5 Å². The monoisotopic (exact) mass is 359 g/mol. The molecule has 0 saturated heterocycles. The molecule has 0 aliphatic rings. The van der Waals surface area contributed by atoms with Crippen LogP contribution in [0.2, 0.25) is 0 Å². The second kappa shape index (κ2) is 14.3. The number of rotatable bonds is 16. The standard InChI is InChI=1S/C23H37NO2/c1-3-5-7-9-10-11-12-13-14-16-20-22(25)18-17-21(23(20)26)24-19-15-8-6-4-2/h3-4,17-18,24-26H,1-2,5-16,19H2. The Morgan fingerprint density at radius 2 is 1.35 bits per heavy atom. The molecule has 0 amide bonds. The lowest BCUT2D eigenvalue weighted by Gasteiger charge is -2.13. The fraction of sp³-hybridized carbons (Fsp3) is 0.565. The minimum atomic E-state index is 0.198. The molecule has 0 aliphatic heterocycles. The van der Waals surface area contributed by atoms with Gasteiger partial charge in [-0.25, -0.2) is 0 Å². The van der Waals surface area contributed by atoms with E-state index in [1.807, 2.05) is 12.2 Å². The molecule has 0 saturated carbocycles. The van der Waals surface area contributed by atoms with Crippen LogP contribution in [0.3, 0.4) is 0 Å². The molecule has 0 fully saturated rings. The molecule has 1 rings (SSSR count). The summed E-state index contributed by atoms with van der Waals surface area (Å²) >= 11 is 0. The van der Waals surface area contributed by atoms with Crippen molar-refractivity contribution in [1.29, 1.82) is 0 Å². The molecular weight excluding hydrogens is 322 g/mol. The van der Waals surface area contributed by atoms with Gasteiger partial charge in [-0.15, -0.1) is 13.2 Å². The van der Waals surface area contributed by atoms with E-state index in [0.717, 1.165) is 57.2 Å². The summed E-state index contributed by atoms with van der Waals surface area (Å²) in [5.41, 5.74) is 1.39. The minimum absolute atomic E-state index is 0.198. The number of allylic oxidation sites excluding steroid dienone is 2. The number of benzene rings is 1. The quantitative estimate of drug-likeness (QED) is 0.133. The van der Waals surface area contributed by atoms with Crippen LogP contribution in [0, 0.1) is 0 Å². The van der Waals surface area contributed by atoms with Gasteiger partial charge in [0, 0.05) is 12.1 Å². The zero-order chi connectivity index (χ0) is 19.0. The molecule has 0 spiro atoms. The van der Waals surface area contributed by atoms with Crippen LogP contribution < -0.4 is 5.32 Å². The number of nitrogens with one attached hydrogen (secondary N) is 1. The Hall–Kier alpha value is -1.90. The third-order valence-corrected chi connectivity index (χ3v) is 4.74. The number of hydrogen-bond acceptors (Lipinski definition) is 3. The van der Waals surface area contributed by atoms with Gasteiger partial charge in [-0.2, -0.15) is 0 Å². The van der Waals surface area contributed by atoms with E-state index in [2.05, 4.69) is 18.5 Å². The number of phenolic OH excluding ortho intramolecular Hbond substituents is 2. The molecular formula is C23H37NO2. The highest BCUT2D eigenvalue weighted by Crippen LogP contribution is 2.35. The molecule has 0 aliphatic carbocycles. The van der Waals surface area contributed by atoms with Gasteiger partial charge in [0.2, 0.25) is 0 Å². The summed E-state index contributed by atoms with van der Waals surface area (Å²) in [6.45, 7) is 8.29. The van der Waals surface area contributed by atoms with Crippen LogP contribution in [0.15, 0.2) is 37.4 Å². The Morgan fingerprint density at radius 1 is 0.769 bits per heavy atom. The highest BCUT2D eigenvalue weighted by molar-refractivity contribution is 5.63. The Kier molecular flexibility index (Phi) is 12.2. The molecule has 0 bridgehead atoms. The molecule has 3 N–H and O–H groups in total. The predicted molar refractivity (Wildman–Crippen MR) is 113 cm³/mol. The second-order valence-electron chi connectivity index (χ2n) is 6.97. The Balaban J connectivity index is 2.31. The van der Waals surface area contributed by atoms with Crippen molar-refractivity contribution in [2.75, 3.05) is 11.9 Å². The summed E-state index contributed by atoms with van der Waals surface area (Å²) in [5.74, 6) is 0.405. The van der Waals surface area contributed by atoms with Gasteiger partial charge in [0.25, 0.3) is 0 Å². The zero-order valence-electron chi connectivity index (χ0n) is 16.3. The molecule has 0 unspecified atom stereocenters. The van der Waals surface area contributed by atoms with Gasteiger partial charge < -0.3 is 15.5 Å². The summed E-state index contributed by atoms with van der Waals surface area (Å²) in [5, 5.41) is 23.8. The summed E-state index contributed by atoms with van der Waals surface area (Å²) in [6.07, 6.45) is 17.3. The molecule has 26 heavy (non-hydrogen) atoms. The average molecular weight is 360 g/mol. The lowest BCUT2D eigenvalue weighted by molar-refractivity contribution is 0.436. The molecule has 1 aromatic carbocycles. The first-order valence-corrected chi connectivity index (χ1v) is 10.2. The van der Waals surface area contributed by atoms with Crippen LogP contribution in [0.25, 0.3) is 0 Å². The number of hydrogen-bond donors (Lipinski definition) is 3. The molecule has 0 atom stereocenters. The van der Waals surface area contributed by atoms with E-state index in [4.69, 9.17) is 0 Å². The van der Waals surface area contributed by atoms with Gasteiger partial charge in [0.15, 0.2) is 0 Å². The SMILES string of the molecule is C=CCCCCCCCCCc1c(O)ccc(NCCCCC=C)c1O. The van der Waals surface area contributed by atoms with Gasteiger partial charge in [0.05, 0.1) is 5.69 Å². The maximum Gasteiger partial charge on any atom is 0.145 e. The minimum Gasteiger partial charge on any atom is -0.508 e. The van der Waals surface area contributed by atoms with Crippen LogP contribution in [0.1, 0.15) is 76.2 Å². The molecule has 3 heteroatoms. The smallest absolute Gasteiger partial charge is 0.145 e. The third kappa shape index (κ3) is 8.98. The van der Waals surface area contributed by atoms with Crippen LogP contribution in [0.5, 0.6) is 11.5 Å². The van der Waals surface area contributed by atoms with Crippen LogP contribution in [-0.2, 0) is 6.42 Å². The van der Waals surface area contributed by atoms with E-state index in [1.165, 1.54) is 32.1 Å². The highest BCUT2D eigenvalue weighted by Gasteiger charge is 2.11. The summed E-state index contributed by atoms with van der Waals surface area (Å²) in [4.78, 5) is 0. The van der Waals surface area contributed by atoms with Crippen molar-refractivity contribution in [2.24, 2.45) is 0 Å². The molecule has 3 nitrogen and oxygen atoms in total. The van der Waals surface area contributed by atoms with Crippen molar-refractivity contribution in [1.82, 2.24) is 0 Å². The molecule has 0 heterocycles. The van der Waals surface area contributed by atoms with E-state index in [1.54, 1.807) is 12.1 Å². The van der Waals surface area contributed by atoms with Crippen molar-refractivity contribution in [3.63, 3.8) is 0 Å². The zero-order valence-corrected chi connectivity index (χ0v) is 16.3. The number of aromatic hydroxyl groups is 2. The maximum atomic E-state index is 10.4. The van der Waals surface area contributed by atoms with E-state index < -0.39 is 0 Å². The first-order chi connectivity index (χ1) is 12.7. The summed E-state index contributed by atoms with van der Waals surface area (Å²) in [7, 11) is 0. The van der Waals surface area contributed by atoms with Crippen molar-refractivity contribution >= 4 is 5.69 Å². The van der Waals surface area contributed by atoms with Crippen LogP contribution in [-0.4, -0.2) is 16.8 Å². The molecule has 0 radical (unpaired) electrons. The van der Waals surface area contributed by atoms with Crippen molar-refractivity contribution in [3.05, 3.63) is 43.0 Å². The predicted octanol–water partition coefficient (Wildman–Crippen LogP) is 6.72. The van der Waals surface area contributed by atoms with E-state index in [0.29, 0.717) is 5.56 Å². The van der Waals surface area contributed by atoms with Gasteiger partial charge in [-0.1, -0.05) is 44.3 Å². The maximum absolute atomic E-state index is 10.4. The van der Waals surface area contributed by atoms with Crippen molar-refractivity contribution in [3.8, 4) is 11.5 Å². The Morgan fingerprint density at radius 3 is 2.00 bits per heavy atom. The molecule has 1 aromatic rings. The second-order valence-corrected chi connectivity index (χ2v) is 6.97. The molecule has 0 aromatic heterocycles. The highest BCUT2D eigenvalue weighted by atomic mass is 16.3. The summed E-state index contributed by atoms with van der Waals surface area (Å²) in [6, 6.07) is 3.44. The fourth-order valence-electron chi connectivity index (χ4n) is 3.13. The normalized spacial score (nSPS) is 10.6. The fourth-order valence-corrected chi connectivity index (χ4v) is 3.13. The van der Waals surface area contributed by atoms with Gasteiger partial charge in [-0.05, 0) is 57.1 Å². The van der Waals surface area contributed by atoms with Gasteiger partial charge in [-0.3, -0.25) is 0 Å². The summed E-state index contributed by atoms with van der Waals surface area (Å²) < 4.78 is 0. The van der Waals surface area contributed by atoms with E-state index in [-0.39, 0.29) is 11.5 Å². The van der Waals surface area contributed by atoms with Gasteiger partial charge >= 0.3 is 0 Å². The number of anilines is 1. The largest absolute Gasteiger partial charge is 0.508 e. The third-order valence-electron chi connectivity index (χ3n) is 4.74. The lowest BCUT2D eigenvalue weighted by Crippen LogP contribution is -2.02. The van der Waals surface area contributed by atoms with Crippen LogP contribution >= 0.6 is 0 Å². The first kappa shape index (κ1) is 22.1. The average Bonchev–Trinajstić information content (AvgIpc) is 2.64. The number of phenols is 2. The Bertz CT molecular complexity index is 525. The first-order valence-electron chi connectivity index (χ1n) is 10.2. The van der Waals surface area contributed by atoms with E-state index in [9.17, 15) is 10.2 Å². The van der Waals surface area contributed by atoms with Crippen LogP contribution in [0.4, 0.5) is 5.69 Å².